The lowest BCUT2D eigenvalue weighted by Gasteiger charge is -2.14. The van der Waals surface area contributed by atoms with Crippen LogP contribution in [-0.4, -0.2) is 16.8 Å². The number of carbonyl (C=O) groups excluding carboxylic acids is 1. The summed E-state index contributed by atoms with van der Waals surface area (Å²) >= 11 is 0. The van der Waals surface area contributed by atoms with E-state index in [0.717, 1.165) is 16.4 Å². The molecule has 21 heavy (non-hydrogen) atoms. The smallest absolute Gasteiger partial charge is 0.193 e. The number of hydrogen-bond donors (Lipinski definition) is 0. The first kappa shape index (κ1) is 16.2. The van der Waals surface area contributed by atoms with Crippen molar-refractivity contribution in [1.82, 2.24) is 0 Å². The predicted octanol–water partition coefficient (Wildman–Crippen LogP) is 5.47. The van der Waals surface area contributed by atoms with Gasteiger partial charge in [-0.1, -0.05) is 89.2 Å². The highest BCUT2D eigenvalue weighted by atomic mass is 33.1. The average Bonchev–Trinajstić information content (AvgIpc) is 2.57. The fourth-order valence-electron chi connectivity index (χ4n) is 1.99. The second-order valence-corrected chi connectivity index (χ2v) is 7.86. The molecule has 3 heteroatoms. The molecular formula is C18H20OS2. The third-order valence-electron chi connectivity index (χ3n) is 3.14. The van der Waals surface area contributed by atoms with Gasteiger partial charge in [-0.05, 0) is 12.8 Å². The van der Waals surface area contributed by atoms with Crippen LogP contribution in [0, 0.1) is 0 Å². The number of carbonyl (C=O) groups is 1. The molecule has 1 aliphatic heterocycles. The molecule has 110 valence electrons. The number of ketones is 1. The zero-order valence-electron chi connectivity index (χ0n) is 12.2. The second kappa shape index (κ2) is 8.96. The lowest BCUT2D eigenvalue weighted by molar-refractivity contribution is 0.103. The topological polar surface area (TPSA) is 17.1 Å². The molecule has 0 aromatic heterocycles. The zero-order valence-corrected chi connectivity index (χ0v) is 13.8. The minimum absolute atomic E-state index is 0.0752. The maximum atomic E-state index is 11.8. The van der Waals surface area contributed by atoms with Gasteiger partial charge in [-0.15, -0.1) is 0 Å². The molecule has 0 spiro atoms. The Morgan fingerprint density at radius 1 is 0.952 bits per heavy atom. The van der Waals surface area contributed by atoms with Crippen LogP contribution in [-0.2, 0) is 0 Å². The summed E-state index contributed by atoms with van der Waals surface area (Å²) in [6.07, 6.45) is 2.86. The monoisotopic (exact) mass is 316 g/mol. The second-order valence-electron chi connectivity index (χ2n) is 4.93. The molecule has 1 aliphatic rings. The quantitative estimate of drug-likeness (QED) is 0.540. The molecular weight excluding hydrogens is 296 g/mol. The van der Waals surface area contributed by atoms with Crippen LogP contribution in [0.2, 0.25) is 0 Å². The molecule has 0 radical (unpaired) electrons. The Bertz CT molecular complexity index is 492. The van der Waals surface area contributed by atoms with Gasteiger partial charge < -0.3 is 0 Å². The molecule has 0 saturated carbocycles. The van der Waals surface area contributed by atoms with Gasteiger partial charge in [0.05, 0.1) is 0 Å². The summed E-state index contributed by atoms with van der Waals surface area (Å²) in [7, 11) is 4.05. The average molecular weight is 316 g/mol. The Morgan fingerprint density at radius 3 is 1.81 bits per heavy atom. The number of hydrogen-bond acceptors (Lipinski definition) is 3. The number of rotatable bonds is 2. The summed E-state index contributed by atoms with van der Waals surface area (Å²) < 4.78 is 0. The fourth-order valence-corrected chi connectivity index (χ4v) is 4.49. The minimum Gasteiger partial charge on any atom is -0.289 e. The molecule has 1 fully saturated rings. The third-order valence-corrected chi connectivity index (χ3v) is 6.19. The van der Waals surface area contributed by atoms with Crippen molar-refractivity contribution in [1.29, 1.82) is 0 Å². The molecule has 0 amide bonds. The Kier molecular flexibility index (Phi) is 6.90. The molecule has 1 atom stereocenters. The largest absolute Gasteiger partial charge is 0.289 e. The Hall–Kier alpha value is -1.19. The number of benzene rings is 2. The zero-order chi connectivity index (χ0) is 14.9. The van der Waals surface area contributed by atoms with Gasteiger partial charge in [-0.2, -0.15) is 0 Å². The standard InChI is InChI=1S/C13H10O.C5H10S2/c14-13(11-7-3-1-4-8-11)12-9-5-2-6-10-12;1-5-3-2-4-6-7-5/h1-10H;5H,2-4H2,1H3. The van der Waals surface area contributed by atoms with E-state index >= 15 is 0 Å². The highest BCUT2D eigenvalue weighted by molar-refractivity contribution is 8.77. The highest BCUT2D eigenvalue weighted by Gasteiger charge is 2.07. The molecule has 1 heterocycles. The van der Waals surface area contributed by atoms with Gasteiger partial charge in [0.1, 0.15) is 0 Å². The van der Waals surface area contributed by atoms with Crippen LogP contribution >= 0.6 is 21.6 Å². The van der Waals surface area contributed by atoms with E-state index in [1.54, 1.807) is 0 Å². The van der Waals surface area contributed by atoms with E-state index in [1.807, 2.05) is 82.3 Å². The van der Waals surface area contributed by atoms with Crippen molar-refractivity contribution >= 4 is 27.4 Å². The van der Waals surface area contributed by atoms with E-state index in [9.17, 15) is 4.79 Å². The third kappa shape index (κ3) is 5.60. The van der Waals surface area contributed by atoms with Crippen molar-refractivity contribution in [2.75, 3.05) is 5.75 Å². The molecule has 0 bridgehead atoms. The molecule has 2 aromatic carbocycles. The first-order valence-electron chi connectivity index (χ1n) is 7.20. The van der Waals surface area contributed by atoms with Crippen LogP contribution in [0.4, 0.5) is 0 Å². The van der Waals surface area contributed by atoms with Crippen molar-refractivity contribution in [2.24, 2.45) is 0 Å². The maximum Gasteiger partial charge on any atom is 0.193 e. The summed E-state index contributed by atoms with van der Waals surface area (Å²) in [6.45, 7) is 2.30. The molecule has 0 aliphatic carbocycles. The van der Waals surface area contributed by atoms with Gasteiger partial charge in [-0.3, -0.25) is 4.79 Å². The van der Waals surface area contributed by atoms with Crippen molar-refractivity contribution < 1.29 is 4.79 Å². The van der Waals surface area contributed by atoms with Crippen LogP contribution in [0.3, 0.4) is 0 Å². The lowest BCUT2D eigenvalue weighted by atomic mass is 10.0. The molecule has 2 aromatic rings. The van der Waals surface area contributed by atoms with Gasteiger partial charge in [0.2, 0.25) is 0 Å². The fraction of sp³-hybridized carbons (Fsp3) is 0.278. The Morgan fingerprint density at radius 2 is 1.48 bits per heavy atom. The van der Waals surface area contributed by atoms with Crippen molar-refractivity contribution in [3.8, 4) is 0 Å². The molecule has 3 rings (SSSR count). The van der Waals surface area contributed by atoms with E-state index < -0.39 is 0 Å². The van der Waals surface area contributed by atoms with E-state index in [-0.39, 0.29) is 5.78 Å². The van der Waals surface area contributed by atoms with Crippen molar-refractivity contribution in [3.05, 3.63) is 71.8 Å². The lowest BCUT2D eigenvalue weighted by Crippen LogP contribution is -1.99. The van der Waals surface area contributed by atoms with Gasteiger partial charge in [-0.25, -0.2) is 0 Å². The van der Waals surface area contributed by atoms with Crippen LogP contribution in [0.5, 0.6) is 0 Å². The Balaban J connectivity index is 0.000000194. The Labute approximate surface area is 134 Å². The van der Waals surface area contributed by atoms with E-state index in [4.69, 9.17) is 0 Å². The summed E-state index contributed by atoms with van der Waals surface area (Å²) in [6, 6.07) is 18.6. The maximum absolute atomic E-state index is 11.8. The van der Waals surface area contributed by atoms with Gasteiger partial charge >= 0.3 is 0 Å². The van der Waals surface area contributed by atoms with Gasteiger partial charge in [0.15, 0.2) is 5.78 Å². The predicted molar refractivity (Wildman–Crippen MR) is 95.1 cm³/mol. The summed E-state index contributed by atoms with van der Waals surface area (Å²) in [4.78, 5) is 11.8. The molecule has 0 N–H and O–H groups in total. The SMILES string of the molecule is CC1CCCSS1.O=C(c1ccccc1)c1ccccc1. The van der Waals surface area contributed by atoms with Crippen molar-refractivity contribution in [3.63, 3.8) is 0 Å². The first-order valence-corrected chi connectivity index (χ1v) is 9.58. The first-order chi connectivity index (χ1) is 10.3. The molecule has 1 saturated heterocycles. The summed E-state index contributed by atoms with van der Waals surface area (Å²) in [5, 5.41) is 0.916. The normalized spacial score (nSPS) is 17.5. The van der Waals surface area contributed by atoms with Crippen LogP contribution in [0.25, 0.3) is 0 Å². The highest BCUT2D eigenvalue weighted by Crippen LogP contribution is 2.34. The van der Waals surface area contributed by atoms with E-state index in [2.05, 4.69) is 6.92 Å². The minimum atomic E-state index is 0.0752. The van der Waals surface area contributed by atoms with E-state index in [1.165, 1.54) is 18.6 Å². The molecule has 1 nitrogen and oxygen atoms in total. The van der Waals surface area contributed by atoms with Crippen LogP contribution in [0.1, 0.15) is 35.7 Å². The van der Waals surface area contributed by atoms with Crippen LogP contribution in [0.15, 0.2) is 60.7 Å². The van der Waals surface area contributed by atoms with Crippen LogP contribution < -0.4 is 0 Å². The van der Waals surface area contributed by atoms with Crippen molar-refractivity contribution in [2.45, 2.75) is 25.0 Å². The summed E-state index contributed by atoms with van der Waals surface area (Å²) in [5.74, 6) is 1.45. The summed E-state index contributed by atoms with van der Waals surface area (Å²) in [5.41, 5.74) is 1.47. The van der Waals surface area contributed by atoms with Gasteiger partial charge in [0, 0.05) is 22.1 Å². The van der Waals surface area contributed by atoms with Gasteiger partial charge in [0.25, 0.3) is 0 Å². The molecule has 1 unspecified atom stereocenters. The van der Waals surface area contributed by atoms with E-state index in [0.29, 0.717) is 0 Å².